The summed E-state index contributed by atoms with van der Waals surface area (Å²) in [6.45, 7) is 0. The highest BCUT2D eigenvalue weighted by Crippen LogP contribution is 2.30. The topological polar surface area (TPSA) is 64.6 Å². The van der Waals surface area contributed by atoms with Gasteiger partial charge in [0.1, 0.15) is 11.5 Å². The lowest BCUT2D eigenvalue weighted by Crippen LogP contribution is -2.13. The Balaban J connectivity index is 1.60. The van der Waals surface area contributed by atoms with Gasteiger partial charge in [-0.05, 0) is 48.7 Å². The summed E-state index contributed by atoms with van der Waals surface area (Å²) in [4.78, 5) is 23.7. The first-order valence-electron chi connectivity index (χ1n) is 8.09. The molecule has 0 aliphatic heterocycles. The maximum Gasteiger partial charge on any atom is 0.336 e. The molecule has 0 bridgehead atoms. The molecule has 0 spiro atoms. The van der Waals surface area contributed by atoms with Crippen LogP contribution in [0.3, 0.4) is 0 Å². The first-order valence-corrected chi connectivity index (χ1v) is 8.09. The van der Waals surface area contributed by atoms with Crippen molar-refractivity contribution >= 4 is 23.6 Å². The van der Waals surface area contributed by atoms with E-state index in [0.717, 1.165) is 24.2 Å². The highest BCUT2D eigenvalue weighted by atomic mass is 16.5. The molecule has 0 heterocycles. The SMILES string of the molecule is COc1cccc(/C=C/C(=O)Oc2cccc(NC(=O)C3CC3)c2)c1. The van der Waals surface area contributed by atoms with Gasteiger partial charge in [-0.3, -0.25) is 4.79 Å². The lowest BCUT2D eigenvalue weighted by Gasteiger charge is -2.06. The van der Waals surface area contributed by atoms with Crippen molar-refractivity contribution in [2.75, 3.05) is 12.4 Å². The molecule has 1 aliphatic carbocycles. The van der Waals surface area contributed by atoms with Crippen molar-refractivity contribution in [3.8, 4) is 11.5 Å². The van der Waals surface area contributed by atoms with E-state index in [1.807, 2.05) is 24.3 Å². The number of methoxy groups -OCH3 is 1. The van der Waals surface area contributed by atoms with Crippen LogP contribution in [0.1, 0.15) is 18.4 Å². The molecule has 25 heavy (non-hydrogen) atoms. The lowest BCUT2D eigenvalue weighted by atomic mass is 10.2. The summed E-state index contributed by atoms with van der Waals surface area (Å²) in [6, 6.07) is 14.2. The van der Waals surface area contributed by atoms with E-state index in [9.17, 15) is 9.59 Å². The van der Waals surface area contributed by atoms with Gasteiger partial charge in [-0.2, -0.15) is 0 Å². The molecule has 1 N–H and O–H groups in total. The van der Waals surface area contributed by atoms with Crippen LogP contribution in [0.15, 0.2) is 54.6 Å². The number of benzene rings is 2. The molecule has 5 heteroatoms. The Morgan fingerprint density at radius 1 is 1.08 bits per heavy atom. The van der Waals surface area contributed by atoms with Gasteiger partial charge in [0.25, 0.3) is 0 Å². The molecule has 0 radical (unpaired) electrons. The number of nitrogens with one attached hydrogen (secondary N) is 1. The Bertz CT molecular complexity index is 809. The first-order chi connectivity index (χ1) is 12.1. The van der Waals surface area contributed by atoms with Crippen molar-refractivity contribution in [1.82, 2.24) is 0 Å². The molecule has 2 aromatic rings. The maximum absolute atomic E-state index is 12.0. The Kier molecular flexibility index (Phi) is 5.14. The van der Waals surface area contributed by atoms with Crippen LogP contribution in [0.5, 0.6) is 11.5 Å². The van der Waals surface area contributed by atoms with Crippen LogP contribution >= 0.6 is 0 Å². The Morgan fingerprint density at radius 2 is 1.84 bits per heavy atom. The quantitative estimate of drug-likeness (QED) is 0.496. The second-order valence-corrected chi connectivity index (χ2v) is 5.82. The van der Waals surface area contributed by atoms with Crippen LogP contribution < -0.4 is 14.8 Å². The third-order valence-corrected chi connectivity index (χ3v) is 3.77. The minimum absolute atomic E-state index is 0.0152. The monoisotopic (exact) mass is 337 g/mol. The van der Waals surface area contributed by atoms with Crippen molar-refractivity contribution in [3.05, 3.63) is 60.2 Å². The summed E-state index contributed by atoms with van der Waals surface area (Å²) in [7, 11) is 1.59. The standard InChI is InChI=1S/C20H19NO4/c1-24-17-6-2-4-14(12-17)8-11-19(22)25-18-7-3-5-16(13-18)21-20(23)15-9-10-15/h2-8,11-13,15H,9-10H2,1H3,(H,21,23)/b11-8+. The van der Waals surface area contributed by atoms with Crippen molar-refractivity contribution < 1.29 is 19.1 Å². The minimum atomic E-state index is -0.492. The molecule has 0 atom stereocenters. The number of carbonyl (C=O) groups is 2. The molecule has 3 rings (SSSR count). The number of amides is 1. The van der Waals surface area contributed by atoms with Crippen LogP contribution in [-0.2, 0) is 9.59 Å². The average molecular weight is 337 g/mol. The summed E-state index contributed by atoms with van der Waals surface area (Å²) >= 11 is 0. The van der Waals surface area contributed by atoms with E-state index in [0.29, 0.717) is 11.4 Å². The third kappa shape index (κ3) is 4.94. The average Bonchev–Trinajstić information content (AvgIpc) is 3.46. The predicted octanol–water partition coefficient (Wildman–Crippen LogP) is 3.66. The van der Waals surface area contributed by atoms with Gasteiger partial charge in [0.2, 0.25) is 5.91 Å². The summed E-state index contributed by atoms with van der Waals surface area (Å²) in [5.74, 6) is 0.746. The predicted molar refractivity (Wildman–Crippen MR) is 95.5 cm³/mol. The van der Waals surface area contributed by atoms with E-state index in [1.54, 1.807) is 37.5 Å². The molecule has 128 valence electrons. The molecule has 0 unspecified atom stereocenters. The first kappa shape index (κ1) is 16.8. The maximum atomic E-state index is 12.0. The number of rotatable bonds is 6. The van der Waals surface area contributed by atoms with Crippen LogP contribution in [0.25, 0.3) is 6.08 Å². The Hall–Kier alpha value is -3.08. The summed E-state index contributed by atoms with van der Waals surface area (Å²) in [6.07, 6.45) is 4.89. The zero-order valence-corrected chi connectivity index (χ0v) is 13.9. The highest BCUT2D eigenvalue weighted by Gasteiger charge is 2.29. The number of hydrogen-bond donors (Lipinski definition) is 1. The molecule has 1 fully saturated rings. The van der Waals surface area contributed by atoms with Crippen LogP contribution in [0, 0.1) is 5.92 Å². The van der Waals surface area contributed by atoms with Crippen molar-refractivity contribution in [1.29, 1.82) is 0 Å². The fourth-order valence-electron chi connectivity index (χ4n) is 2.29. The van der Waals surface area contributed by atoms with Gasteiger partial charge in [0.15, 0.2) is 0 Å². The molecular formula is C20H19NO4. The minimum Gasteiger partial charge on any atom is -0.497 e. The highest BCUT2D eigenvalue weighted by molar-refractivity contribution is 5.94. The number of ether oxygens (including phenoxy) is 2. The normalized spacial score (nSPS) is 13.5. The fourth-order valence-corrected chi connectivity index (χ4v) is 2.29. The summed E-state index contributed by atoms with van der Waals surface area (Å²) in [5, 5.41) is 2.83. The molecule has 5 nitrogen and oxygen atoms in total. The van der Waals surface area contributed by atoms with Gasteiger partial charge in [0.05, 0.1) is 7.11 Å². The second-order valence-electron chi connectivity index (χ2n) is 5.82. The van der Waals surface area contributed by atoms with Gasteiger partial charge in [-0.1, -0.05) is 18.2 Å². The molecular weight excluding hydrogens is 318 g/mol. The smallest absolute Gasteiger partial charge is 0.336 e. The molecule has 0 saturated heterocycles. The van der Waals surface area contributed by atoms with E-state index < -0.39 is 5.97 Å². The van der Waals surface area contributed by atoms with E-state index in [-0.39, 0.29) is 11.8 Å². The molecule has 1 saturated carbocycles. The molecule has 0 aromatic heterocycles. The van der Waals surface area contributed by atoms with E-state index in [2.05, 4.69) is 5.32 Å². The zero-order valence-electron chi connectivity index (χ0n) is 13.9. The number of hydrogen-bond acceptors (Lipinski definition) is 4. The van der Waals surface area contributed by atoms with Gasteiger partial charge in [0, 0.05) is 23.7 Å². The van der Waals surface area contributed by atoms with Gasteiger partial charge in [-0.15, -0.1) is 0 Å². The summed E-state index contributed by atoms with van der Waals surface area (Å²) < 4.78 is 10.4. The molecule has 1 aliphatic rings. The lowest BCUT2D eigenvalue weighted by molar-refractivity contribution is -0.128. The number of anilines is 1. The number of esters is 1. The largest absolute Gasteiger partial charge is 0.497 e. The second kappa shape index (κ2) is 7.66. The van der Waals surface area contributed by atoms with E-state index >= 15 is 0 Å². The van der Waals surface area contributed by atoms with Crippen molar-refractivity contribution in [3.63, 3.8) is 0 Å². The van der Waals surface area contributed by atoms with Crippen molar-refractivity contribution in [2.45, 2.75) is 12.8 Å². The van der Waals surface area contributed by atoms with Crippen LogP contribution in [0.4, 0.5) is 5.69 Å². The van der Waals surface area contributed by atoms with Crippen molar-refractivity contribution in [2.24, 2.45) is 5.92 Å². The van der Waals surface area contributed by atoms with E-state index in [1.165, 1.54) is 6.08 Å². The van der Waals surface area contributed by atoms with E-state index in [4.69, 9.17) is 9.47 Å². The molecule has 2 aromatic carbocycles. The zero-order chi connectivity index (χ0) is 17.6. The van der Waals surface area contributed by atoms with Crippen LogP contribution in [0.2, 0.25) is 0 Å². The Morgan fingerprint density at radius 3 is 2.60 bits per heavy atom. The third-order valence-electron chi connectivity index (χ3n) is 3.77. The summed E-state index contributed by atoms with van der Waals surface area (Å²) in [5.41, 5.74) is 1.46. The fraction of sp³-hybridized carbons (Fsp3) is 0.200. The van der Waals surface area contributed by atoms with Gasteiger partial charge >= 0.3 is 5.97 Å². The molecule has 1 amide bonds. The van der Waals surface area contributed by atoms with Crippen LogP contribution in [-0.4, -0.2) is 19.0 Å². The van der Waals surface area contributed by atoms with Gasteiger partial charge < -0.3 is 14.8 Å². The number of carbonyl (C=O) groups excluding carboxylic acids is 2. The Labute approximate surface area is 146 Å². The van der Waals surface area contributed by atoms with Gasteiger partial charge in [-0.25, -0.2) is 4.79 Å².